The molecule has 2 unspecified atom stereocenters. The number of carbonyl (C=O) groups excluding carboxylic acids is 1. The third-order valence-electron chi connectivity index (χ3n) is 3.51. The number of nitrogens with one attached hydrogen (secondary N) is 1. The van der Waals surface area contributed by atoms with E-state index in [2.05, 4.69) is 53.9 Å². The minimum Gasteiger partial charge on any atom is -0.356 e. The highest BCUT2D eigenvalue weighted by Gasteiger charge is 2.25. The largest absolute Gasteiger partial charge is 0.356 e. The monoisotopic (exact) mass is 373 g/mol. The first-order chi connectivity index (χ1) is 9.20. The van der Waals surface area contributed by atoms with Gasteiger partial charge in [-0.2, -0.15) is 0 Å². The number of unbranched alkanes of at least 4 members (excludes halogenated alkanes) is 1. The molecule has 3 heteroatoms. The topological polar surface area (TPSA) is 29.1 Å². The van der Waals surface area contributed by atoms with Gasteiger partial charge in [-0.3, -0.25) is 4.79 Å². The Morgan fingerprint density at radius 3 is 2.53 bits per heavy atom. The second kappa shape index (κ2) is 9.34. The summed E-state index contributed by atoms with van der Waals surface area (Å²) in [6.45, 7) is 5.09. The van der Waals surface area contributed by atoms with Crippen LogP contribution in [-0.2, 0) is 4.79 Å². The Bertz CT molecular complexity index is 366. The number of carbonyl (C=O) groups is 1. The van der Waals surface area contributed by atoms with Crippen LogP contribution in [0.2, 0.25) is 0 Å². The fourth-order valence-corrected chi connectivity index (χ4v) is 2.71. The van der Waals surface area contributed by atoms with Crippen molar-refractivity contribution >= 4 is 28.5 Å². The van der Waals surface area contributed by atoms with Gasteiger partial charge in [0, 0.05) is 6.54 Å². The van der Waals surface area contributed by atoms with Gasteiger partial charge in [-0.15, -0.1) is 0 Å². The highest BCUT2D eigenvalue weighted by atomic mass is 127. The summed E-state index contributed by atoms with van der Waals surface area (Å²) in [4.78, 5) is 12.4. The molecule has 2 atom stereocenters. The standard InChI is InChI=1S/C16H24INO/c1-3-13(2)15(14-9-5-4-6-10-14)16(19)18-12-8-7-11-17/h4-6,9-10,13,15H,3,7-8,11-12H2,1-2H3,(H,18,19). The molecule has 0 aliphatic heterocycles. The number of hydrogen-bond acceptors (Lipinski definition) is 1. The molecule has 0 fully saturated rings. The predicted octanol–water partition coefficient (Wildman–Crippen LogP) is 4.15. The van der Waals surface area contributed by atoms with E-state index in [4.69, 9.17) is 0 Å². The van der Waals surface area contributed by atoms with Gasteiger partial charge in [0.1, 0.15) is 0 Å². The van der Waals surface area contributed by atoms with E-state index in [1.54, 1.807) is 0 Å². The summed E-state index contributed by atoms with van der Waals surface area (Å²) in [6, 6.07) is 10.1. The van der Waals surface area contributed by atoms with Crippen molar-refractivity contribution in [1.82, 2.24) is 5.32 Å². The lowest BCUT2D eigenvalue weighted by molar-refractivity contribution is -0.123. The number of alkyl halides is 1. The first-order valence-corrected chi connectivity index (χ1v) is 8.61. The summed E-state index contributed by atoms with van der Waals surface area (Å²) in [7, 11) is 0. The first-order valence-electron chi connectivity index (χ1n) is 7.09. The molecular weight excluding hydrogens is 349 g/mol. The molecule has 1 amide bonds. The average Bonchev–Trinajstić information content (AvgIpc) is 2.45. The van der Waals surface area contributed by atoms with Crippen LogP contribution in [0.25, 0.3) is 0 Å². The molecule has 0 spiro atoms. The Labute approximate surface area is 130 Å². The van der Waals surface area contributed by atoms with Crippen molar-refractivity contribution in [2.24, 2.45) is 5.92 Å². The van der Waals surface area contributed by atoms with E-state index in [-0.39, 0.29) is 11.8 Å². The van der Waals surface area contributed by atoms with Crippen LogP contribution in [0, 0.1) is 5.92 Å². The van der Waals surface area contributed by atoms with Crippen molar-refractivity contribution in [3.63, 3.8) is 0 Å². The summed E-state index contributed by atoms with van der Waals surface area (Å²) in [5.41, 5.74) is 1.13. The lowest BCUT2D eigenvalue weighted by Gasteiger charge is -2.22. The van der Waals surface area contributed by atoms with Crippen LogP contribution in [-0.4, -0.2) is 16.9 Å². The fourth-order valence-electron chi connectivity index (χ4n) is 2.18. The Hall–Kier alpha value is -0.580. The molecule has 0 bridgehead atoms. The molecule has 2 nitrogen and oxygen atoms in total. The van der Waals surface area contributed by atoms with Crippen molar-refractivity contribution in [2.75, 3.05) is 11.0 Å². The maximum atomic E-state index is 12.4. The molecule has 0 aliphatic carbocycles. The second-order valence-electron chi connectivity index (χ2n) is 4.96. The van der Waals surface area contributed by atoms with Gasteiger partial charge in [0.2, 0.25) is 5.91 Å². The van der Waals surface area contributed by atoms with Crippen molar-refractivity contribution in [2.45, 2.75) is 39.0 Å². The molecule has 0 aromatic heterocycles. The highest BCUT2D eigenvalue weighted by molar-refractivity contribution is 14.1. The van der Waals surface area contributed by atoms with Crippen molar-refractivity contribution in [1.29, 1.82) is 0 Å². The van der Waals surface area contributed by atoms with E-state index < -0.39 is 0 Å². The molecule has 0 saturated heterocycles. The molecule has 19 heavy (non-hydrogen) atoms. The van der Waals surface area contributed by atoms with Gasteiger partial charge in [0.25, 0.3) is 0 Å². The third-order valence-corrected chi connectivity index (χ3v) is 4.28. The normalized spacial score (nSPS) is 13.8. The predicted molar refractivity (Wildman–Crippen MR) is 89.8 cm³/mol. The van der Waals surface area contributed by atoms with Crippen molar-refractivity contribution in [3.8, 4) is 0 Å². The quantitative estimate of drug-likeness (QED) is 0.414. The summed E-state index contributed by atoms with van der Waals surface area (Å²) in [5.74, 6) is 0.520. The summed E-state index contributed by atoms with van der Waals surface area (Å²) < 4.78 is 1.15. The van der Waals surface area contributed by atoms with Crippen LogP contribution in [0.15, 0.2) is 30.3 Å². The summed E-state index contributed by atoms with van der Waals surface area (Å²) >= 11 is 2.37. The lowest BCUT2D eigenvalue weighted by Crippen LogP contribution is -2.33. The molecule has 106 valence electrons. The number of benzene rings is 1. The van der Waals surface area contributed by atoms with Gasteiger partial charge in [-0.1, -0.05) is 73.2 Å². The zero-order valence-electron chi connectivity index (χ0n) is 11.9. The molecule has 0 aliphatic rings. The molecule has 1 aromatic rings. The van der Waals surface area contributed by atoms with E-state index in [0.29, 0.717) is 5.92 Å². The van der Waals surface area contributed by atoms with Gasteiger partial charge < -0.3 is 5.32 Å². The molecule has 0 radical (unpaired) electrons. The van der Waals surface area contributed by atoms with Gasteiger partial charge in [-0.05, 0) is 28.8 Å². The minimum atomic E-state index is -0.0224. The number of rotatable bonds is 8. The molecular formula is C16H24INO. The van der Waals surface area contributed by atoms with Crippen LogP contribution in [0.3, 0.4) is 0 Å². The lowest BCUT2D eigenvalue weighted by atomic mass is 9.85. The van der Waals surface area contributed by atoms with Gasteiger partial charge in [0.05, 0.1) is 5.92 Å². The molecule has 0 saturated carbocycles. The Morgan fingerprint density at radius 2 is 1.95 bits per heavy atom. The van der Waals surface area contributed by atoms with Crippen molar-refractivity contribution in [3.05, 3.63) is 35.9 Å². The zero-order chi connectivity index (χ0) is 14.1. The van der Waals surface area contributed by atoms with Crippen LogP contribution >= 0.6 is 22.6 Å². The van der Waals surface area contributed by atoms with Crippen LogP contribution in [0.1, 0.15) is 44.6 Å². The maximum absolute atomic E-state index is 12.4. The Balaban J connectivity index is 2.67. The molecule has 1 N–H and O–H groups in total. The van der Waals surface area contributed by atoms with E-state index in [0.717, 1.165) is 29.4 Å². The zero-order valence-corrected chi connectivity index (χ0v) is 14.0. The number of hydrogen-bond donors (Lipinski definition) is 1. The molecule has 1 rings (SSSR count). The first kappa shape index (κ1) is 16.5. The Morgan fingerprint density at radius 1 is 1.26 bits per heavy atom. The molecule has 1 aromatic carbocycles. The van der Waals surface area contributed by atoms with E-state index >= 15 is 0 Å². The van der Waals surface area contributed by atoms with Crippen molar-refractivity contribution < 1.29 is 4.79 Å². The van der Waals surface area contributed by atoms with E-state index in [1.807, 2.05) is 18.2 Å². The SMILES string of the molecule is CCC(C)C(C(=O)NCCCCI)c1ccccc1. The minimum absolute atomic E-state index is 0.0224. The number of amides is 1. The molecule has 0 heterocycles. The van der Waals surface area contributed by atoms with Gasteiger partial charge >= 0.3 is 0 Å². The second-order valence-corrected chi connectivity index (χ2v) is 6.04. The van der Waals surface area contributed by atoms with Gasteiger partial charge in [0.15, 0.2) is 0 Å². The number of halogens is 1. The van der Waals surface area contributed by atoms with Crippen LogP contribution in [0.5, 0.6) is 0 Å². The Kier molecular flexibility index (Phi) is 8.10. The summed E-state index contributed by atoms with van der Waals surface area (Å²) in [6.07, 6.45) is 3.25. The average molecular weight is 373 g/mol. The van der Waals surface area contributed by atoms with Gasteiger partial charge in [-0.25, -0.2) is 0 Å². The van der Waals surface area contributed by atoms with Crippen LogP contribution < -0.4 is 5.32 Å². The van der Waals surface area contributed by atoms with E-state index in [9.17, 15) is 4.79 Å². The highest BCUT2D eigenvalue weighted by Crippen LogP contribution is 2.27. The van der Waals surface area contributed by atoms with Crippen LogP contribution in [0.4, 0.5) is 0 Å². The summed E-state index contributed by atoms with van der Waals surface area (Å²) in [5, 5.41) is 3.09. The third kappa shape index (κ3) is 5.51. The smallest absolute Gasteiger partial charge is 0.227 e. The maximum Gasteiger partial charge on any atom is 0.227 e. The van der Waals surface area contributed by atoms with E-state index in [1.165, 1.54) is 6.42 Å². The fraction of sp³-hybridized carbons (Fsp3) is 0.562.